The Labute approximate surface area is 126 Å². The molecular formula is C11H13NO4S4. The van der Waals surface area contributed by atoms with Gasteiger partial charge in [-0.25, -0.2) is 21.6 Å². The number of sulfonamides is 1. The van der Waals surface area contributed by atoms with Crippen molar-refractivity contribution in [3.8, 4) is 0 Å². The van der Waals surface area contributed by atoms with E-state index in [0.29, 0.717) is 4.88 Å². The number of rotatable bonds is 6. The average molecular weight is 351 g/mol. The van der Waals surface area contributed by atoms with Crippen LogP contribution in [-0.4, -0.2) is 29.6 Å². The Morgan fingerprint density at radius 1 is 1.10 bits per heavy atom. The number of nitrogens with one attached hydrogen (secondary N) is 1. The van der Waals surface area contributed by atoms with E-state index in [2.05, 4.69) is 4.72 Å². The van der Waals surface area contributed by atoms with Gasteiger partial charge in [-0.1, -0.05) is 12.1 Å². The summed E-state index contributed by atoms with van der Waals surface area (Å²) in [5, 5.41) is 2.55. The third-order valence-electron chi connectivity index (χ3n) is 2.54. The molecule has 110 valence electrons. The van der Waals surface area contributed by atoms with E-state index in [-0.39, 0.29) is 10.8 Å². The van der Waals surface area contributed by atoms with Crippen molar-refractivity contribution in [2.75, 3.05) is 12.8 Å². The number of hydrogen-bond acceptors (Lipinski definition) is 6. The lowest BCUT2D eigenvalue weighted by Crippen LogP contribution is -2.30. The standard InChI is InChI=1S/C11H13NO4S4/c1-19(13,14)12-8-10(9-4-2-6-17-9)20(15,16)11-5-3-7-18-11/h2-7,10,12H,8H2,1H3/t10-/m0/s1. The Morgan fingerprint density at radius 2 is 1.75 bits per heavy atom. The monoisotopic (exact) mass is 351 g/mol. The number of thiophene rings is 2. The van der Waals surface area contributed by atoms with E-state index in [0.717, 1.165) is 17.6 Å². The molecule has 1 N–H and O–H groups in total. The molecule has 0 fully saturated rings. The van der Waals surface area contributed by atoms with E-state index in [4.69, 9.17) is 0 Å². The molecule has 0 unspecified atom stereocenters. The Hall–Kier alpha value is -0.740. The first-order chi connectivity index (χ1) is 9.31. The molecule has 20 heavy (non-hydrogen) atoms. The second-order valence-corrected chi connectivity index (χ2v) is 10.2. The van der Waals surface area contributed by atoms with Gasteiger partial charge in [-0.05, 0) is 22.9 Å². The van der Waals surface area contributed by atoms with E-state index >= 15 is 0 Å². The first kappa shape index (κ1) is 15.6. The highest BCUT2D eigenvalue weighted by Crippen LogP contribution is 2.33. The maximum absolute atomic E-state index is 12.6. The molecule has 1 atom stereocenters. The Bertz CT molecular complexity index is 745. The van der Waals surface area contributed by atoms with Crippen LogP contribution in [0.1, 0.15) is 10.1 Å². The van der Waals surface area contributed by atoms with Crippen LogP contribution >= 0.6 is 22.7 Å². The molecule has 0 aliphatic heterocycles. The minimum absolute atomic E-state index is 0.167. The van der Waals surface area contributed by atoms with Crippen molar-refractivity contribution in [2.45, 2.75) is 9.46 Å². The molecule has 5 nitrogen and oxygen atoms in total. The van der Waals surface area contributed by atoms with E-state index in [1.165, 1.54) is 17.4 Å². The number of sulfone groups is 1. The summed E-state index contributed by atoms with van der Waals surface area (Å²) < 4.78 is 50.1. The van der Waals surface area contributed by atoms with Gasteiger partial charge >= 0.3 is 0 Å². The molecule has 2 rings (SSSR count). The van der Waals surface area contributed by atoms with Gasteiger partial charge in [0, 0.05) is 11.4 Å². The first-order valence-electron chi connectivity index (χ1n) is 5.56. The third-order valence-corrected chi connectivity index (χ3v) is 7.88. The van der Waals surface area contributed by atoms with E-state index < -0.39 is 25.1 Å². The predicted octanol–water partition coefficient (Wildman–Crippen LogP) is 1.87. The molecule has 2 aromatic rings. The second-order valence-electron chi connectivity index (χ2n) is 4.10. The summed E-state index contributed by atoms with van der Waals surface area (Å²) in [7, 11) is -7.05. The Balaban J connectivity index is 2.37. The fraction of sp³-hybridized carbons (Fsp3) is 0.273. The summed E-state index contributed by atoms with van der Waals surface area (Å²) in [5.74, 6) is 0. The van der Waals surface area contributed by atoms with Gasteiger partial charge < -0.3 is 0 Å². The molecule has 2 heterocycles. The van der Waals surface area contributed by atoms with Crippen molar-refractivity contribution in [1.82, 2.24) is 4.72 Å². The highest BCUT2D eigenvalue weighted by molar-refractivity contribution is 7.94. The molecule has 0 bridgehead atoms. The third kappa shape index (κ3) is 3.67. The second kappa shape index (κ2) is 5.94. The van der Waals surface area contributed by atoms with Crippen LogP contribution in [0.4, 0.5) is 0 Å². The highest BCUT2D eigenvalue weighted by atomic mass is 32.2. The Morgan fingerprint density at radius 3 is 2.25 bits per heavy atom. The molecule has 0 aliphatic rings. The van der Waals surface area contributed by atoms with Crippen molar-refractivity contribution in [1.29, 1.82) is 0 Å². The zero-order valence-corrected chi connectivity index (χ0v) is 13.8. The van der Waals surface area contributed by atoms with E-state index in [1.54, 1.807) is 29.0 Å². The van der Waals surface area contributed by atoms with Gasteiger partial charge in [0.1, 0.15) is 9.46 Å². The van der Waals surface area contributed by atoms with Crippen molar-refractivity contribution >= 4 is 42.5 Å². The van der Waals surface area contributed by atoms with Crippen LogP contribution in [0.5, 0.6) is 0 Å². The molecule has 0 amide bonds. The van der Waals surface area contributed by atoms with Crippen LogP contribution in [0, 0.1) is 0 Å². The lowest BCUT2D eigenvalue weighted by molar-refractivity contribution is 0.574. The van der Waals surface area contributed by atoms with Gasteiger partial charge in [-0.3, -0.25) is 0 Å². The van der Waals surface area contributed by atoms with Crippen molar-refractivity contribution in [3.63, 3.8) is 0 Å². The fourth-order valence-electron chi connectivity index (χ4n) is 1.63. The summed E-state index contributed by atoms with van der Waals surface area (Å²) in [5.41, 5.74) is 0. The van der Waals surface area contributed by atoms with Gasteiger partial charge in [0.25, 0.3) is 0 Å². The van der Waals surface area contributed by atoms with Crippen molar-refractivity contribution in [2.24, 2.45) is 0 Å². The predicted molar refractivity (Wildman–Crippen MR) is 81.4 cm³/mol. The lowest BCUT2D eigenvalue weighted by atomic mass is 10.3. The van der Waals surface area contributed by atoms with Gasteiger partial charge in [-0.15, -0.1) is 22.7 Å². The smallest absolute Gasteiger partial charge is 0.208 e. The molecular weight excluding hydrogens is 338 g/mol. The maximum atomic E-state index is 12.6. The van der Waals surface area contributed by atoms with Gasteiger partial charge in [0.05, 0.1) is 6.26 Å². The normalized spacial score (nSPS) is 14.2. The largest absolute Gasteiger partial charge is 0.222 e. The van der Waals surface area contributed by atoms with E-state index in [9.17, 15) is 16.8 Å². The average Bonchev–Trinajstić information content (AvgIpc) is 3.00. The minimum Gasteiger partial charge on any atom is -0.222 e. The maximum Gasteiger partial charge on any atom is 0.208 e. The zero-order chi connectivity index (χ0) is 14.8. The summed E-state index contributed by atoms with van der Waals surface area (Å²) >= 11 is 2.42. The van der Waals surface area contributed by atoms with Crippen LogP contribution in [0.25, 0.3) is 0 Å². The van der Waals surface area contributed by atoms with Crippen molar-refractivity contribution < 1.29 is 16.8 Å². The van der Waals surface area contributed by atoms with Crippen LogP contribution in [0.2, 0.25) is 0 Å². The zero-order valence-electron chi connectivity index (χ0n) is 10.5. The molecule has 9 heteroatoms. The van der Waals surface area contributed by atoms with Gasteiger partial charge in [0.15, 0.2) is 9.84 Å². The van der Waals surface area contributed by atoms with Crippen LogP contribution in [-0.2, 0) is 19.9 Å². The highest BCUT2D eigenvalue weighted by Gasteiger charge is 2.31. The van der Waals surface area contributed by atoms with Crippen LogP contribution < -0.4 is 4.72 Å². The molecule has 0 aliphatic carbocycles. The Kier molecular flexibility index (Phi) is 4.65. The fourth-order valence-corrected chi connectivity index (χ4v) is 6.19. The molecule has 0 saturated heterocycles. The minimum atomic E-state index is -3.60. The van der Waals surface area contributed by atoms with Crippen LogP contribution in [0.15, 0.2) is 39.2 Å². The van der Waals surface area contributed by atoms with E-state index in [1.807, 2.05) is 0 Å². The first-order valence-corrected chi connectivity index (χ1v) is 10.8. The summed E-state index contributed by atoms with van der Waals surface area (Å²) in [6, 6.07) is 6.63. The summed E-state index contributed by atoms with van der Waals surface area (Å²) in [4.78, 5) is 0.620. The topological polar surface area (TPSA) is 80.3 Å². The lowest BCUT2D eigenvalue weighted by Gasteiger charge is -2.15. The summed E-state index contributed by atoms with van der Waals surface area (Å²) in [6.07, 6.45) is 1.01. The molecule has 2 aromatic heterocycles. The molecule has 0 radical (unpaired) electrons. The SMILES string of the molecule is CS(=O)(=O)NC[C@@H](c1cccs1)S(=O)(=O)c1cccs1. The molecule has 0 spiro atoms. The van der Waals surface area contributed by atoms with Gasteiger partial charge in [-0.2, -0.15) is 0 Å². The van der Waals surface area contributed by atoms with Gasteiger partial charge in [0.2, 0.25) is 10.0 Å². The molecule has 0 aromatic carbocycles. The molecule has 0 saturated carbocycles. The number of hydrogen-bond donors (Lipinski definition) is 1. The van der Waals surface area contributed by atoms with Crippen LogP contribution in [0.3, 0.4) is 0 Å². The quantitative estimate of drug-likeness (QED) is 0.861. The summed E-state index contributed by atoms with van der Waals surface area (Å²) in [6.45, 7) is -0.167. The van der Waals surface area contributed by atoms with Crippen molar-refractivity contribution in [3.05, 3.63) is 39.9 Å².